The molecule has 0 unspecified atom stereocenters. The van der Waals surface area contributed by atoms with Gasteiger partial charge in [0.1, 0.15) is 11.6 Å². The molecule has 0 bridgehead atoms. The number of anilines is 2. The Hall–Kier alpha value is -3.33. The van der Waals surface area contributed by atoms with Crippen LogP contribution < -0.4 is 15.4 Å². The quantitative estimate of drug-likeness (QED) is 0.436. The van der Waals surface area contributed by atoms with Crippen molar-refractivity contribution in [2.24, 2.45) is 0 Å². The van der Waals surface area contributed by atoms with Gasteiger partial charge in [-0.3, -0.25) is 9.59 Å². The second-order valence-electron chi connectivity index (χ2n) is 7.37. The molecule has 2 amide bonds. The molecule has 9 heteroatoms. The van der Waals surface area contributed by atoms with Gasteiger partial charge in [0.05, 0.1) is 25.0 Å². The number of aromatic nitrogens is 3. The molecule has 0 aliphatic heterocycles. The summed E-state index contributed by atoms with van der Waals surface area (Å²) in [5, 5.41) is 14.9. The third-order valence-electron chi connectivity index (χ3n) is 5.15. The number of methoxy groups -OCH3 is 1. The molecule has 0 aliphatic carbocycles. The predicted octanol–water partition coefficient (Wildman–Crippen LogP) is 4.09. The summed E-state index contributed by atoms with van der Waals surface area (Å²) in [5.74, 6) is 1.00. The van der Waals surface area contributed by atoms with Crippen molar-refractivity contribution in [1.82, 2.24) is 14.8 Å². The van der Waals surface area contributed by atoms with Gasteiger partial charge in [-0.25, -0.2) is 0 Å². The maximum atomic E-state index is 12.6. The smallest absolute Gasteiger partial charge is 0.234 e. The van der Waals surface area contributed by atoms with Gasteiger partial charge in [0, 0.05) is 12.2 Å². The van der Waals surface area contributed by atoms with Crippen LogP contribution in [0.2, 0.25) is 0 Å². The molecule has 3 aromatic rings. The molecule has 2 aromatic carbocycles. The number of benzene rings is 2. The molecule has 0 atom stereocenters. The summed E-state index contributed by atoms with van der Waals surface area (Å²) in [6.07, 6.45) is 0.906. The largest absolute Gasteiger partial charge is 0.495 e. The van der Waals surface area contributed by atoms with E-state index in [0.717, 1.165) is 23.2 Å². The van der Waals surface area contributed by atoms with Gasteiger partial charge in [-0.15, -0.1) is 10.2 Å². The summed E-state index contributed by atoms with van der Waals surface area (Å²) >= 11 is 1.30. The minimum absolute atomic E-state index is 0.0642. The Balaban J connectivity index is 1.62. The molecule has 0 aliphatic rings. The highest BCUT2D eigenvalue weighted by Crippen LogP contribution is 2.24. The van der Waals surface area contributed by atoms with Crippen LogP contribution in [-0.4, -0.2) is 39.4 Å². The number of amides is 2. The number of nitrogens with zero attached hydrogens (tertiary/aromatic N) is 3. The number of hydrogen-bond acceptors (Lipinski definition) is 6. The van der Waals surface area contributed by atoms with Crippen LogP contribution in [0.4, 0.5) is 11.4 Å². The number of rotatable bonds is 10. The first-order valence-electron chi connectivity index (χ1n) is 10.8. The average Bonchev–Trinajstić information content (AvgIpc) is 3.20. The Morgan fingerprint density at radius 1 is 1.03 bits per heavy atom. The summed E-state index contributed by atoms with van der Waals surface area (Å²) in [6, 6.07) is 13.2. The number of carbonyl (C=O) groups excluding carboxylic acids is 2. The van der Waals surface area contributed by atoms with Gasteiger partial charge >= 0.3 is 0 Å². The zero-order chi connectivity index (χ0) is 23.8. The normalized spacial score (nSPS) is 10.7. The lowest BCUT2D eigenvalue weighted by atomic mass is 10.1. The third-order valence-corrected chi connectivity index (χ3v) is 6.11. The van der Waals surface area contributed by atoms with E-state index in [-0.39, 0.29) is 24.0 Å². The summed E-state index contributed by atoms with van der Waals surface area (Å²) in [4.78, 5) is 25.2. The van der Waals surface area contributed by atoms with Crippen LogP contribution in [0, 0.1) is 6.92 Å². The molecule has 0 radical (unpaired) electrons. The Morgan fingerprint density at radius 3 is 2.55 bits per heavy atom. The first-order chi connectivity index (χ1) is 16.0. The fraction of sp³-hybridized carbons (Fsp3) is 0.333. The fourth-order valence-electron chi connectivity index (χ4n) is 3.47. The van der Waals surface area contributed by atoms with Crippen LogP contribution >= 0.6 is 11.8 Å². The van der Waals surface area contributed by atoms with Crippen molar-refractivity contribution < 1.29 is 14.3 Å². The number of nitrogens with one attached hydrogen (secondary N) is 2. The highest BCUT2D eigenvalue weighted by Gasteiger charge is 2.17. The molecule has 0 saturated heterocycles. The van der Waals surface area contributed by atoms with Gasteiger partial charge < -0.3 is 19.9 Å². The molecule has 174 valence electrons. The lowest BCUT2D eigenvalue weighted by Gasteiger charge is -2.13. The molecular weight excluding hydrogens is 438 g/mol. The van der Waals surface area contributed by atoms with E-state index in [0.29, 0.717) is 29.0 Å². The van der Waals surface area contributed by atoms with Crippen molar-refractivity contribution in [3.05, 3.63) is 59.4 Å². The Morgan fingerprint density at radius 2 is 1.82 bits per heavy atom. The van der Waals surface area contributed by atoms with Crippen molar-refractivity contribution in [3.8, 4) is 5.75 Å². The van der Waals surface area contributed by atoms with Crippen LogP contribution in [-0.2, 0) is 29.0 Å². The monoisotopic (exact) mass is 467 g/mol. The summed E-state index contributed by atoms with van der Waals surface area (Å²) in [5.41, 5.74) is 3.61. The average molecular weight is 468 g/mol. The van der Waals surface area contributed by atoms with E-state index < -0.39 is 0 Å². The maximum absolute atomic E-state index is 12.6. The molecule has 0 spiro atoms. The summed E-state index contributed by atoms with van der Waals surface area (Å²) < 4.78 is 7.13. The van der Waals surface area contributed by atoms with Gasteiger partial charge in [-0.1, -0.05) is 49.0 Å². The Bertz CT molecular complexity index is 1130. The van der Waals surface area contributed by atoms with Crippen molar-refractivity contribution >= 4 is 35.0 Å². The molecule has 8 nitrogen and oxygen atoms in total. The van der Waals surface area contributed by atoms with E-state index in [1.807, 2.05) is 48.7 Å². The van der Waals surface area contributed by atoms with Crippen LogP contribution in [0.5, 0.6) is 5.75 Å². The minimum Gasteiger partial charge on any atom is -0.495 e. The van der Waals surface area contributed by atoms with Crippen LogP contribution in [0.3, 0.4) is 0 Å². The third kappa shape index (κ3) is 6.13. The molecule has 3 rings (SSSR count). The first-order valence-corrected chi connectivity index (χ1v) is 11.8. The Kier molecular flexibility index (Phi) is 8.48. The van der Waals surface area contributed by atoms with Crippen molar-refractivity contribution in [1.29, 1.82) is 0 Å². The minimum atomic E-state index is -0.220. The van der Waals surface area contributed by atoms with Crippen LogP contribution in [0.25, 0.3) is 0 Å². The number of aryl methyl sites for hydroxylation is 2. The van der Waals surface area contributed by atoms with Crippen molar-refractivity contribution in [3.63, 3.8) is 0 Å². The standard InChI is InChI=1S/C24H29N5O3S/c1-5-17-11-9-10-16(3)23(17)26-22(31)15-33-24-28-27-20(29(24)6-2)14-21(30)25-18-12-7-8-13-19(18)32-4/h7-13H,5-6,14-15H2,1-4H3,(H,25,30)(H,26,31). The molecule has 2 N–H and O–H groups in total. The van der Waals surface area contributed by atoms with E-state index in [2.05, 4.69) is 27.8 Å². The summed E-state index contributed by atoms with van der Waals surface area (Å²) in [6.45, 7) is 6.59. The second-order valence-corrected chi connectivity index (χ2v) is 8.31. The highest BCUT2D eigenvalue weighted by molar-refractivity contribution is 7.99. The number of ether oxygens (including phenoxy) is 1. The molecular formula is C24H29N5O3S. The lowest BCUT2D eigenvalue weighted by molar-refractivity contribution is -0.116. The number of carbonyl (C=O) groups is 2. The molecule has 1 aromatic heterocycles. The molecule has 0 saturated carbocycles. The topological polar surface area (TPSA) is 98.1 Å². The van der Waals surface area contributed by atoms with Crippen LogP contribution in [0.15, 0.2) is 47.6 Å². The van der Waals surface area contributed by atoms with Crippen LogP contribution in [0.1, 0.15) is 30.8 Å². The maximum Gasteiger partial charge on any atom is 0.234 e. The number of para-hydroxylation sites is 3. The van der Waals surface area contributed by atoms with E-state index in [1.165, 1.54) is 11.8 Å². The van der Waals surface area contributed by atoms with Gasteiger partial charge in [-0.05, 0) is 43.5 Å². The van der Waals surface area contributed by atoms with Crippen molar-refractivity contribution in [2.75, 3.05) is 23.5 Å². The number of thioether (sulfide) groups is 1. The van der Waals surface area contributed by atoms with Gasteiger partial charge in [0.2, 0.25) is 11.8 Å². The first kappa shape index (κ1) is 24.3. The van der Waals surface area contributed by atoms with E-state index in [1.54, 1.807) is 19.2 Å². The predicted molar refractivity (Wildman–Crippen MR) is 131 cm³/mol. The van der Waals surface area contributed by atoms with Crippen molar-refractivity contribution in [2.45, 2.75) is 45.3 Å². The SMILES string of the molecule is CCc1cccc(C)c1NC(=O)CSc1nnc(CC(=O)Nc2ccccc2OC)n1CC. The fourth-order valence-corrected chi connectivity index (χ4v) is 4.29. The lowest BCUT2D eigenvalue weighted by Crippen LogP contribution is -2.18. The van der Waals surface area contributed by atoms with E-state index in [9.17, 15) is 9.59 Å². The molecule has 0 fully saturated rings. The zero-order valence-corrected chi connectivity index (χ0v) is 20.2. The second kappa shape index (κ2) is 11.5. The van der Waals surface area contributed by atoms with Gasteiger partial charge in [0.25, 0.3) is 0 Å². The van der Waals surface area contributed by atoms with Gasteiger partial charge in [-0.2, -0.15) is 0 Å². The number of hydrogen-bond donors (Lipinski definition) is 2. The molecule has 1 heterocycles. The highest BCUT2D eigenvalue weighted by atomic mass is 32.2. The van der Waals surface area contributed by atoms with E-state index >= 15 is 0 Å². The molecule has 33 heavy (non-hydrogen) atoms. The zero-order valence-electron chi connectivity index (χ0n) is 19.3. The summed E-state index contributed by atoms with van der Waals surface area (Å²) in [7, 11) is 1.56. The Labute approximate surface area is 198 Å². The van der Waals surface area contributed by atoms with E-state index in [4.69, 9.17) is 4.74 Å². The van der Waals surface area contributed by atoms with Gasteiger partial charge in [0.15, 0.2) is 5.16 Å².